The second kappa shape index (κ2) is 9.45. The summed E-state index contributed by atoms with van der Waals surface area (Å²) in [5, 5.41) is 4.51. The number of hydrogen-bond acceptors (Lipinski definition) is 6. The van der Waals surface area contributed by atoms with E-state index < -0.39 is 0 Å². The van der Waals surface area contributed by atoms with Gasteiger partial charge in [-0.15, -0.1) is 0 Å². The molecule has 1 amide bonds. The number of piperidine rings is 1. The van der Waals surface area contributed by atoms with Crippen molar-refractivity contribution in [3.63, 3.8) is 0 Å². The molecule has 1 aliphatic carbocycles. The fourth-order valence-corrected chi connectivity index (χ4v) is 4.50. The van der Waals surface area contributed by atoms with Gasteiger partial charge in [-0.2, -0.15) is 0 Å². The zero-order chi connectivity index (χ0) is 21.8. The van der Waals surface area contributed by atoms with Crippen molar-refractivity contribution < 1.29 is 9.63 Å². The number of rotatable bonds is 5. The summed E-state index contributed by atoms with van der Waals surface area (Å²) in [6.45, 7) is 5.84. The number of aromatic nitrogens is 2. The maximum atomic E-state index is 11.4. The van der Waals surface area contributed by atoms with Crippen LogP contribution in [0.15, 0.2) is 35.7 Å². The fraction of sp³-hybridized carbons (Fsp3) is 0.500. The summed E-state index contributed by atoms with van der Waals surface area (Å²) in [7, 11) is 0. The number of hydrogen-bond donors (Lipinski definition) is 1. The van der Waals surface area contributed by atoms with Gasteiger partial charge in [-0.1, -0.05) is 11.2 Å². The summed E-state index contributed by atoms with van der Waals surface area (Å²) in [6.07, 6.45) is 9.78. The molecule has 2 aliphatic rings. The van der Waals surface area contributed by atoms with Crippen LogP contribution in [0.25, 0.3) is 0 Å². The van der Waals surface area contributed by atoms with Crippen LogP contribution in [-0.4, -0.2) is 40.8 Å². The van der Waals surface area contributed by atoms with Crippen LogP contribution < -0.4 is 10.6 Å². The third-order valence-corrected chi connectivity index (χ3v) is 6.38. The predicted molar refractivity (Wildman–Crippen MR) is 121 cm³/mol. The minimum atomic E-state index is -0.373. The van der Waals surface area contributed by atoms with Crippen LogP contribution in [0.4, 0.5) is 5.95 Å². The molecule has 0 bridgehead atoms. The molecule has 2 fully saturated rings. The van der Waals surface area contributed by atoms with Crippen molar-refractivity contribution in [2.75, 3.05) is 18.0 Å². The molecule has 0 atom stereocenters. The quantitative estimate of drug-likeness (QED) is 0.739. The molecule has 2 aromatic rings. The van der Waals surface area contributed by atoms with E-state index >= 15 is 0 Å². The highest BCUT2D eigenvalue weighted by Gasteiger charge is 2.24. The average molecular weight is 422 g/mol. The molecular weight excluding hydrogens is 390 g/mol. The van der Waals surface area contributed by atoms with E-state index in [9.17, 15) is 4.79 Å². The lowest BCUT2D eigenvalue weighted by Crippen LogP contribution is -2.37. The van der Waals surface area contributed by atoms with Crippen molar-refractivity contribution in [1.82, 2.24) is 9.97 Å². The molecule has 1 saturated heterocycles. The molecule has 7 heteroatoms. The van der Waals surface area contributed by atoms with Crippen molar-refractivity contribution in [2.24, 2.45) is 10.9 Å². The van der Waals surface area contributed by atoms with Gasteiger partial charge in [0.05, 0.1) is 5.71 Å². The van der Waals surface area contributed by atoms with E-state index in [-0.39, 0.29) is 12.0 Å². The largest absolute Gasteiger partial charge is 0.392 e. The molecule has 164 valence electrons. The van der Waals surface area contributed by atoms with E-state index in [4.69, 9.17) is 10.6 Å². The Kier molecular flexibility index (Phi) is 6.49. The van der Waals surface area contributed by atoms with Crippen LogP contribution in [-0.2, 0) is 4.84 Å². The third-order valence-electron chi connectivity index (χ3n) is 6.38. The molecule has 1 aliphatic heterocycles. The minimum absolute atomic E-state index is 0.163. The topological polar surface area (TPSA) is 93.7 Å². The molecule has 4 rings (SSSR count). The number of nitrogens with zero attached hydrogens (tertiary/aromatic N) is 4. The number of benzene rings is 1. The summed E-state index contributed by atoms with van der Waals surface area (Å²) in [4.78, 5) is 28.3. The Labute approximate surface area is 183 Å². The molecule has 0 radical (unpaired) electrons. The highest BCUT2D eigenvalue weighted by atomic mass is 16.6. The Hall–Kier alpha value is -2.96. The summed E-state index contributed by atoms with van der Waals surface area (Å²) < 4.78 is 0. The van der Waals surface area contributed by atoms with Gasteiger partial charge in [-0.05, 0) is 74.3 Å². The monoisotopic (exact) mass is 421 g/mol. The van der Waals surface area contributed by atoms with Crippen LogP contribution in [0, 0.1) is 13.8 Å². The molecule has 2 heterocycles. The zero-order valence-electron chi connectivity index (χ0n) is 18.4. The van der Waals surface area contributed by atoms with Crippen molar-refractivity contribution in [3.8, 4) is 0 Å². The van der Waals surface area contributed by atoms with Gasteiger partial charge in [0.15, 0.2) is 0 Å². The fourth-order valence-electron chi connectivity index (χ4n) is 4.50. The molecule has 0 spiro atoms. The van der Waals surface area contributed by atoms with E-state index in [1.165, 1.54) is 5.56 Å². The summed E-state index contributed by atoms with van der Waals surface area (Å²) in [6, 6.07) is 5.80. The van der Waals surface area contributed by atoms with Crippen molar-refractivity contribution in [2.45, 2.75) is 64.4 Å². The second-order valence-corrected chi connectivity index (χ2v) is 8.72. The first kappa shape index (κ1) is 21.3. The third kappa shape index (κ3) is 5.21. The first-order valence-electron chi connectivity index (χ1n) is 11.1. The number of carbonyl (C=O) groups is 1. The highest BCUT2D eigenvalue weighted by Crippen LogP contribution is 2.34. The Morgan fingerprint density at radius 1 is 1.10 bits per heavy atom. The van der Waals surface area contributed by atoms with Crippen LogP contribution in [0.5, 0.6) is 0 Å². The van der Waals surface area contributed by atoms with Gasteiger partial charge in [0.25, 0.3) is 0 Å². The predicted octanol–water partition coefficient (Wildman–Crippen LogP) is 3.89. The summed E-state index contributed by atoms with van der Waals surface area (Å²) in [5.74, 6) is 0.925. The van der Waals surface area contributed by atoms with Gasteiger partial charge < -0.3 is 15.5 Å². The molecular formula is C24H31N5O2. The summed E-state index contributed by atoms with van der Waals surface area (Å²) in [5.41, 5.74) is 10.7. The van der Waals surface area contributed by atoms with Crippen molar-refractivity contribution >= 4 is 17.6 Å². The molecule has 1 aromatic heterocycles. The Morgan fingerprint density at radius 2 is 1.77 bits per heavy atom. The maximum absolute atomic E-state index is 11.4. The zero-order valence-corrected chi connectivity index (χ0v) is 18.4. The number of amides is 1. The number of anilines is 1. The normalized spacial score (nSPS) is 19.9. The molecule has 31 heavy (non-hydrogen) atoms. The number of primary amides is 1. The average Bonchev–Trinajstić information content (AvgIpc) is 2.79. The number of oxime groups is 1. The van der Waals surface area contributed by atoms with Gasteiger partial charge >= 0.3 is 0 Å². The lowest BCUT2D eigenvalue weighted by Gasteiger charge is -2.31. The van der Waals surface area contributed by atoms with Crippen LogP contribution in [0.2, 0.25) is 0 Å². The highest BCUT2D eigenvalue weighted by molar-refractivity contribution is 5.93. The first-order valence-corrected chi connectivity index (χ1v) is 11.1. The summed E-state index contributed by atoms with van der Waals surface area (Å²) >= 11 is 0. The van der Waals surface area contributed by atoms with E-state index in [2.05, 4.69) is 33.0 Å². The van der Waals surface area contributed by atoms with Crippen LogP contribution in [0.1, 0.15) is 71.5 Å². The Balaban J connectivity index is 1.25. The van der Waals surface area contributed by atoms with Crippen LogP contribution in [0.3, 0.4) is 0 Å². The smallest absolute Gasteiger partial charge is 0.248 e. The molecule has 1 aromatic carbocycles. The van der Waals surface area contributed by atoms with E-state index in [0.29, 0.717) is 11.5 Å². The number of nitrogens with two attached hydrogens (primary N) is 1. The molecule has 0 unspecified atom stereocenters. The molecule has 2 N–H and O–H groups in total. The Morgan fingerprint density at radius 3 is 2.39 bits per heavy atom. The van der Waals surface area contributed by atoms with Gasteiger partial charge in [-0.3, -0.25) is 4.79 Å². The van der Waals surface area contributed by atoms with E-state index in [1.54, 1.807) is 0 Å². The van der Waals surface area contributed by atoms with Gasteiger partial charge in [-0.25, -0.2) is 9.97 Å². The lowest BCUT2D eigenvalue weighted by molar-refractivity contribution is 0.0406. The SMILES string of the molecule is Cc1cnc(N2CCC(ON=C3CCC(c4ccc(C(N)=O)cc4C)CC3)CC2)nc1. The number of carbonyl (C=O) groups excluding carboxylic acids is 1. The molecule has 7 nitrogen and oxygen atoms in total. The number of aryl methyl sites for hydroxylation is 2. The van der Waals surface area contributed by atoms with E-state index in [1.807, 2.05) is 31.5 Å². The Bertz CT molecular complexity index is 939. The standard InChI is InChI=1S/C24H31N5O2/c1-16-14-26-24(27-15-16)29-11-9-21(10-12-29)31-28-20-6-3-18(4-7-20)22-8-5-19(23(25)30)13-17(22)2/h5,8,13-15,18,21H,3-4,6-7,9-12H2,1-2H3,(H2,25,30). The lowest BCUT2D eigenvalue weighted by atomic mass is 9.81. The second-order valence-electron chi connectivity index (χ2n) is 8.72. The minimum Gasteiger partial charge on any atom is -0.392 e. The van der Waals surface area contributed by atoms with Crippen molar-refractivity contribution in [1.29, 1.82) is 0 Å². The van der Waals surface area contributed by atoms with Crippen LogP contribution >= 0.6 is 0 Å². The van der Waals surface area contributed by atoms with Gasteiger partial charge in [0.2, 0.25) is 11.9 Å². The van der Waals surface area contributed by atoms with Gasteiger partial charge in [0.1, 0.15) is 6.10 Å². The van der Waals surface area contributed by atoms with E-state index in [0.717, 1.165) is 74.4 Å². The van der Waals surface area contributed by atoms with Crippen molar-refractivity contribution in [3.05, 3.63) is 52.8 Å². The van der Waals surface area contributed by atoms with Gasteiger partial charge in [0, 0.05) is 43.9 Å². The molecule has 1 saturated carbocycles. The maximum Gasteiger partial charge on any atom is 0.248 e. The first-order chi connectivity index (χ1) is 15.0.